The molecule has 0 radical (unpaired) electrons. The van der Waals surface area contributed by atoms with Crippen molar-refractivity contribution in [2.75, 3.05) is 26.8 Å². The molecule has 2 aromatic carbocycles. The Hall–Kier alpha value is -3.65. The number of nitrogens with zero attached hydrogens (tertiary/aromatic N) is 1. The zero-order valence-corrected chi connectivity index (χ0v) is 18.7. The van der Waals surface area contributed by atoms with Crippen LogP contribution in [0.1, 0.15) is 24.0 Å². The lowest BCUT2D eigenvalue weighted by Gasteiger charge is -2.28. The van der Waals surface area contributed by atoms with Gasteiger partial charge in [0, 0.05) is 19.6 Å². The maximum atomic E-state index is 13.0. The third kappa shape index (κ3) is 5.40. The number of alkyl carbamates (subject to hydrolysis) is 1. The summed E-state index contributed by atoms with van der Waals surface area (Å²) in [7, 11) is 1.40. The average Bonchev–Trinajstić information content (AvgIpc) is 3.13. The highest BCUT2D eigenvalue weighted by molar-refractivity contribution is 5.89. The number of hydrogen-bond donors (Lipinski definition) is 2. The van der Waals surface area contributed by atoms with Crippen LogP contribution in [0.15, 0.2) is 61.2 Å². The van der Waals surface area contributed by atoms with E-state index >= 15 is 0 Å². The highest BCUT2D eigenvalue weighted by Gasteiger charge is 2.33. The molecule has 3 rings (SSSR count). The van der Waals surface area contributed by atoms with Gasteiger partial charge in [0.05, 0.1) is 6.10 Å². The van der Waals surface area contributed by atoms with Crippen molar-refractivity contribution in [2.45, 2.75) is 25.0 Å². The fourth-order valence-corrected chi connectivity index (χ4v) is 4.03. The van der Waals surface area contributed by atoms with Gasteiger partial charge in [-0.15, -0.1) is 6.58 Å². The number of methoxy groups -OCH3 is 1. The molecule has 0 heterocycles. The summed E-state index contributed by atoms with van der Waals surface area (Å²) in [6, 6.07) is 14.8. The van der Waals surface area contributed by atoms with Gasteiger partial charge in [-0.25, -0.2) is 4.79 Å². The number of carboxylic acids is 1. The van der Waals surface area contributed by atoms with Crippen LogP contribution in [-0.2, 0) is 19.1 Å². The van der Waals surface area contributed by atoms with Crippen molar-refractivity contribution in [3.8, 4) is 11.1 Å². The predicted molar refractivity (Wildman–Crippen MR) is 123 cm³/mol. The number of aliphatic carboxylic acids is 1. The topological polar surface area (TPSA) is 105 Å². The van der Waals surface area contributed by atoms with E-state index in [1.54, 1.807) is 6.92 Å². The number of hydrogen-bond acceptors (Lipinski definition) is 5. The number of rotatable bonds is 10. The molecule has 0 saturated carbocycles. The summed E-state index contributed by atoms with van der Waals surface area (Å²) in [4.78, 5) is 37.9. The molecule has 8 nitrogen and oxygen atoms in total. The number of benzene rings is 2. The van der Waals surface area contributed by atoms with Crippen molar-refractivity contribution in [3.63, 3.8) is 0 Å². The number of carbonyl (C=O) groups is 3. The standard InChI is InChI=1S/C25H28N2O6/c1-4-13-27(14-22(28)29)24(30)23(16(2)32-3)26-25(31)33-15-21-19-11-7-5-9-17(19)18-10-6-8-12-20(18)21/h4-12,16,21,23H,1,13-15H2,2-3H3,(H,26,31)(H,28,29). The molecule has 1 aliphatic rings. The molecule has 0 saturated heterocycles. The minimum atomic E-state index is -1.17. The molecule has 1 aliphatic carbocycles. The first-order valence-electron chi connectivity index (χ1n) is 10.6. The molecule has 8 heteroatoms. The maximum Gasteiger partial charge on any atom is 0.407 e. The lowest BCUT2D eigenvalue weighted by Crippen LogP contribution is -2.55. The third-order valence-electron chi connectivity index (χ3n) is 5.71. The molecule has 0 fully saturated rings. The van der Waals surface area contributed by atoms with Gasteiger partial charge in [-0.3, -0.25) is 9.59 Å². The number of amides is 2. The number of carbonyl (C=O) groups excluding carboxylic acids is 2. The number of nitrogens with one attached hydrogen (secondary N) is 1. The van der Waals surface area contributed by atoms with Gasteiger partial charge in [0.2, 0.25) is 5.91 Å². The van der Waals surface area contributed by atoms with Gasteiger partial charge in [0.1, 0.15) is 19.2 Å². The van der Waals surface area contributed by atoms with E-state index in [0.29, 0.717) is 0 Å². The zero-order chi connectivity index (χ0) is 24.0. The molecule has 2 N–H and O–H groups in total. The summed E-state index contributed by atoms with van der Waals surface area (Å²) in [5.41, 5.74) is 4.36. The summed E-state index contributed by atoms with van der Waals surface area (Å²) >= 11 is 0. The minimum Gasteiger partial charge on any atom is -0.480 e. The van der Waals surface area contributed by atoms with E-state index in [-0.39, 0.29) is 19.1 Å². The second-order valence-electron chi connectivity index (χ2n) is 7.79. The van der Waals surface area contributed by atoms with Crippen LogP contribution in [0.5, 0.6) is 0 Å². The molecule has 0 aromatic heterocycles. The number of ether oxygens (including phenoxy) is 2. The van der Waals surface area contributed by atoms with Gasteiger partial charge in [-0.1, -0.05) is 54.6 Å². The Morgan fingerprint density at radius 1 is 1.12 bits per heavy atom. The molecule has 0 bridgehead atoms. The van der Waals surface area contributed by atoms with Gasteiger partial charge >= 0.3 is 12.1 Å². The smallest absolute Gasteiger partial charge is 0.407 e. The molecule has 33 heavy (non-hydrogen) atoms. The van der Waals surface area contributed by atoms with E-state index in [4.69, 9.17) is 14.6 Å². The summed E-state index contributed by atoms with van der Waals surface area (Å²) in [5, 5.41) is 11.7. The van der Waals surface area contributed by atoms with Crippen molar-refractivity contribution >= 4 is 18.0 Å². The maximum absolute atomic E-state index is 13.0. The number of carboxylic acid groups (broad SMARTS) is 1. The Balaban J connectivity index is 1.72. The second-order valence-corrected chi connectivity index (χ2v) is 7.79. The SMILES string of the molecule is C=CCN(CC(=O)O)C(=O)C(NC(=O)OCC1c2ccccc2-c2ccccc21)C(C)OC. The highest BCUT2D eigenvalue weighted by Crippen LogP contribution is 2.44. The van der Waals surface area contributed by atoms with Crippen LogP contribution in [0.4, 0.5) is 4.79 Å². The van der Waals surface area contributed by atoms with E-state index in [9.17, 15) is 14.4 Å². The molecule has 0 aliphatic heterocycles. The summed E-state index contributed by atoms with van der Waals surface area (Å²) in [6.45, 7) is 4.75. The van der Waals surface area contributed by atoms with Gasteiger partial charge in [0.25, 0.3) is 0 Å². The van der Waals surface area contributed by atoms with E-state index in [1.165, 1.54) is 13.2 Å². The van der Waals surface area contributed by atoms with Crippen molar-refractivity contribution < 1.29 is 29.0 Å². The van der Waals surface area contributed by atoms with E-state index in [1.807, 2.05) is 48.5 Å². The van der Waals surface area contributed by atoms with Crippen molar-refractivity contribution in [1.82, 2.24) is 10.2 Å². The first-order chi connectivity index (χ1) is 15.9. The lowest BCUT2D eigenvalue weighted by molar-refractivity contribution is -0.146. The van der Waals surface area contributed by atoms with Crippen LogP contribution in [0, 0.1) is 0 Å². The molecular weight excluding hydrogens is 424 g/mol. The first-order valence-corrected chi connectivity index (χ1v) is 10.6. The molecule has 2 unspecified atom stereocenters. The lowest BCUT2D eigenvalue weighted by atomic mass is 9.98. The van der Waals surface area contributed by atoms with Crippen molar-refractivity contribution in [1.29, 1.82) is 0 Å². The van der Waals surface area contributed by atoms with Crippen molar-refractivity contribution in [2.24, 2.45) is 0 Å². The largest absolute Gasteiger partial charge is 0.480 e. The molecular formula is C25H28N2O6. The minimum absolute atomic E-state index is 0.0183. The van der Waals surface area contributed by atoms with E-state index in [2.05, 4.69) is 11.9 Å². The summed E-state index contributed by atoms with van der Waals surface area (Å²) in [6.07, 6.45) is -0.0741. The van der Waals surface area contributed by atoms with Gasteiger partial charge < -0.3 is 24.8 Å². The van der Waals surface area contributed by atoms with E-state index < -0.39 is 36.7 Å². The molecule has 2 atom stereocenters. The third-order valence-corrected chi connectivity index (χ3v) is 5.71. The monoisotopic (exact) mass is 452 g/mol. The van der Waals surface area contributed by atoms with Crippen LogP contribution < -0.4 is 5.32 Å². The normalized spacial score (nSPS) is 13.9. The fraction of sp³-hybridized carbons (Fsp3) is 0.320. The fourth-order valence-electron chi connectivity index (χ4n) is 4.03. The predicted octanol–water partition coefficient (Wildman–Crippen LogP) is 3.03. The molecule has 2 amide bonds. The Morgan fingerprint density at radius 3 is 2.21 bits per heavy atom. The number of fused-ring (bicyclic) bond motifs is 3. The zero-order valence-electron chi connectivity index (χ0n) is 18.7. The van der Waals surface area contributed by atoms with E-state index in [0.717, 1.165) is 27.2 Å². The Bertz CT molecular complexity index is 992. The van der Waals surface area contributed by atoms with Crippen LogP contribution in [0.2, 0.25) is 0 Å². The van der Waals surface area contributed by atoms with Crippen molar-refractivity contribution in [3.05, 3.63) is 72.3 Å². The molecule has 0 spiro atoms. The van der Waals surface area contributed by atoms with Crippen LogP contribution in [-0.4, -0.2) is 66.9 Å². The Kier molecular flexibility index (Phi) is 7.84. The van der Waals surface area contributed by atoms with Gasteiger partial charge in [-0.2, -0.15) is 0 Å². The first kappa shape index (κ1) is 24.0. The van der Waals surface area contributed by atoms with Crippen LogP contribution in [0.3, 0.4) is 0 Å². The summed E-state index contributed by atoms with van der Waals surface area (Å²) in [5.74, 6) is -1.89. The van der Waals surface area contributed by atoms with Gasteiger partial charge in [0.15, 0.2) is 0 Å². The average molecular weight is 453 g/mol. The Morgan fingerprint density at radius 2 is 1.70 bits per heavy atom. The summed E-state index contributed by atoms with van der Waals surface area (Å²) < 4.78 is 10.8. The highest BCUT2D eigenvalue weighted by atomic mass is 16.5. The molecule has 174 valence electrons. The van der Waals surface area contributed by atoms with Crippen LogP contribution in [0.25, 0.3) is 11.1 Å². The quantitative estimate of drug-likeness (QED) is 0.537. The Labute approximate surface area is 192 Å². The van der Waals surface area contributed by atoms with Gasteiger partial charge in [-0.05, 0) is 29.2 Å². The van der Waals surface area contributed by atoms with Crippen LogP contribution >= 0.6 is 0 Å². The second kappa shape index (κ2) is 10.8. The molecule has 2 aromatic rings.